The zero-order valence-electron chi connectivity index (χ0n) is 12.8. The van der Waals surface area contributed by atoms with E-state index in [1.807, 2.05) is 5.32 Å². The van der Waals surface area contributed by atoms with Crippen molar-refractivity contribution < 1.29 is 34.2 Å². The van der Waals surface area contributed by atoms with E-state index in [-0.39, 0.29) is 19.4 Å². The van der Waals surface area contributed by atoms with Gasteiger partial charge < -0.3 is 37.6 Å². The molecule has 0 heterocycles. The molecule has 0 aliphatic carbocycles. The lowest BCUT2D eigenvalue weighted by Crippen LogP contribution is -2.54. The lowest BCUT2D eigenvalue weighted by Gasteiger charge is -2.20. The third-order valence-electron chi connectivity index (χ3n) is 2.76. The topological polar surface area (TPSA) is 214 Å². The molecule has 136 valence electrons. The minimum Gasteiger partial charge on any atom is -0.480 e. The molecule has 0 aromatic heterocycles. The summed E-state index contributed by atoms with van der Waals surface area (Å²) in [6.45, 7) is -1.64. The van der Waals surface area contributed by atoms with Gasteiger partial charge in [0.05, 0.1) is 19.7 Å². The Hall–Kier alpha value is -2.73. The fraction of sp³-hybridized carbons (Fsp3) is 0.583. The van der Waals surface area contributed by atoms with E-state index in [1.165, 1.54) is 0 Å². The highest BCUT2D eigenvalue weighted by atomic mass is 16.4. The van der Waals surface area contributed by atoms with Gasteiger partial charge in [-0.15, -0.1) is 0 Å². The molecule has 0 rings (SSSR count). The molecule has 0 bridgehead atoms. The van der Waals surface area contributed by atoms with E-state index >= 15 is 0 Å². The van der Waals surface area contributed by atoms with Gasteiger partial charge in [0, 0.05) is 6.42 Å². The molecule has 0 saturated heterocycles. The van der Waals surface area contributed by atoms with Crippen LogP contribution in [0, 0.1) is 0 Å². The largest absolute Gasteiger partial charge is 0.480 e. The van der Waals surface area contributed by atoms with Crippen LogP contribution in [0.4, 0.5) is 0 Å². The summed E-state index contributed by atoms with van der Waals surface area (Å²) in [6, 6.07) is -2.84. The van der Waals surface area contributed by atoms with Crippen LogP contribution in [0.25, 0.3) is 0 Å². The highest BCUT2D eigenvalue weighted by molar-refractivity contribution is 5.92. The van der Waals surface area contributed by atoms with Crippen LogP contribution in [0.1, 0.15) is 12.8 Å². The van der Waals surface area contributed by atoms with Crippen LogP contribution in [-0.4, -0.2) is 71.6 Å². The second kappa shape index (κ2) is 10.9. The lowest BCUT2D eigenvalue weighted by molar-refractivity contribution is -0.143. The van der Waals surface area contributed by atoms with Gasteiger partial charge in [-0.3, -0.25) is 19.2 Å². The van der Waals surface area contributed by atoms with Crippen molar-refractivity contribution in [1.29, 1.82) is 0 Å². The molecule has 24 heavy (non-hydrogen) atoms. The molecule has 2 atom stereocenters. The molecule has 0 radical (unpaired) electrons. The molecule has 9 N–H and O–H groups in total. The summed E-state index contributed by atoms with van der Waals surface area (Å²) in [5.41, 5.74) is 10.0. The number of hydrogen-bond acceptors (Lipinski definition) is 7. The second-order valence-electron chi connectivity index (χ2n) is 4.69. The third kappa shape index (κ3) is 8.65. The third-order valence-corrected chi connectivity index (χ3v) is 2.76. The average molecular weight is 347 g/mol. The Kier molecular flexibility index (Phi) is 9.67. The molecular formula is C12H21N5O7. The molecule has 0 saturated carbocycles. The van der Waals surface area contributed by atoms with Crippen molar-refractivity contribution in [3.05, 3.63) is 0 Å². The number of nitrogens with two attached hydrogens (primary N) is 2. The van der Waals surface area contributed by atoms with Crippen LogP contribution >= 0.6 is 0 Å². The number of aliphatic hydroxyl groups is 1. The number of carboxylic acid groups (broad SMARTS) is 1. The van der Waals surface area contributed by atoms with Crippen molar-refractivity contribution in [2.45, 2.75) is 24.9 Å². The highest BCUT2D eigenvalue weighted by Crippen LogP contribution is 1.99. The Morgan fingerprint density at radius 1 is 1.00 bits per heavy atom. The van der Waals surface area contributed by atoms with E-state index in [0.717, 1.165) is 0 Å². The van der Waals surface area contributed by atoms with Gasteiger partial charge in [-0.25, -0.2) is 4.79 Å². The first kappa shape index (κ1) is 21.3. The predicted octanol–water partition coefficient (Wildman–Crippen LogP) is -4.63. The Morgan fingerprint density at radius 3 is 2.08 bits per heavy atom. The molecule has 12 nitrogen and oxygen atoms in total. The lowest BCUT2D eigenvalue weighted by atomic mass is 10.1. The predicted molar refractivity (Wildman–Crippen MR) is 79.1 cm³/mol. The van der Waals surface area contributed by atoms with Crippen molar-refractivity contribution in [3.63, 3.8) is 0 Å². The molecule has 0 aromatic rings. The summed E-state index contributed by atoms with van der Waals surface area (Å²) in [6.07, 6.45) is -0.431. The fourth-order valence-corrected chi connectivity index (χ4v) is 1.51. The first-order chi connectivity index (χ1) is 11.2. The van der Waals surface area contributed by atoms with Crippen LogP contribution in [0.2, 0.25) is 0 Å². The fourth-order valence-electron chi connectivity index (χ4n) is 1.51. The number of rotatable bonds is 11. The SMILES string of the molecule is NCC(=O)NCC(=O)N[C@@H](CCC(N)=O)C(=O)N[C@@H](CO)C(=O)O. The quantitative estimate of drug-likeness (QED) is 0.192. The number of aliphatic hydroxyl groups excluding tert-OH is 1. The van der Waals surface area contributed by atoms with Crippen molar-refractivity contribution in [1.82, 2.24) is 16.0 Å². The molecule has 4 amide bonds. The maximum atomic E-state index is 12.0. The van der Waals surface area contributed by atoms with E-state index in [0.29, 0.717) is 0 Å². The van der Waals surface area contributed by atoms with Gasteiger partial charge in [0.25, 0.3) is 0 Å². The zero-order chi connectivity index (χ0) is 18.7. The number of carbonyl (C=O) groups is 5. The molecule has 0 aliphatic heterocycles. The number of carboxylic acids is 1. The average Bonchev–Trinajstić information content (AvgIpc) is 2.53. The summed E-state index contributed by atoms with van der Waals surface area (Å²) < 4.78 is 0. The van der Waals surface area contributed by atoms with Crippen molar-refractivity contribution >= 4 is 29.6 Å². The minimum atomic E-state index is -1.57. The number of amides is 4. The van der Waals surface area contributed by atoms with Gasteiger partial charge in [0.2, 0.25) is 23.6 Å². The molecule has 0 fully saturated rings. The maximum Gasteiger partial charge on any atom is 0.328 e. The Balaban J connectivity index is 4.79. The Labute approximate surface area is 136 Å². The van der Waals surface area contributed by atoms with Gasteiger partial charge in [0.1, 0.15) is 12.1 Å². The molecule has 12 heteroatoms. The van der Waals surface area contributed by atoms with Crippen LogP contribution < -0.4 is 27.4 Å². The summed E-state index contributed by atoms with van der Waals surface area (Å²) in [5.74, 6) is -4.46. The summed E-state index contributed by atoms with van der Waals surface area (Å²) in [5, 5.41) is 24.1. The summed E-state index contributed by atoms with van der Waals surface area (Å²) in [7, 11) is 0. The van der Waals surface area contributed by atoms with Crippen molar-refractivity contribution in [3.8, 4) is 0 Å². The summed E-state index contributed by atoms with van der Waals surface area (Å²) >= 11 is 0. The number of aliphatic carboxylic acids is 1. The number of carbonyl (C=O) groups excluding carboxylic acids is 4. The van der Waals surface area contributed by atoms with Gasteiger partial charge >= 0.3 is 5.97 Å². The number of nitrogens with one attached hydrogen (secondary N) is 3. The minimum absolute atomic E-state index is 0.185. The maximum absolute atomic E-state index is 12.0. The van der Waals surface area contributed by atoms with Gasteiger partial charge in [0.15, 0.2) is 0 Å². The van der Waals surface area contributed by atoms with E-state index in [2.05, 4.69) is 10.6 Å². The smallest absolute Gasteiger partial charge is 0.328 e. The monoisotopic (exact) mass is 347 g/mol. The molecule has 0 unspecified atom stereocenters. The molecular weight excluding hydrogens is 326 g/mol. The van der Waals surface area contributed by atoms with E-state index in [9.17, 15) is 24.0 Å². The number of hydrogen-bond donors (Lipinski definition) is 7. The second-order valence-corrected chi connectivity index (χ2v) is 4.69. The van der Waals surface area contributed by atoms with E-state index in [4.69, 9.17) is 21.7 Å². The molecule has 0 spiro atoms. The number of primary amides is 1. The summed E-state index contributed by atoms with van der Waals surface area (Å²) in [4.78, 5) is 56.3. The van der Waals surface area contributed by atoms with Crippen molar-refractivity contribution in [2.75, 3.05) is 19.7 Å². The van der Waals surface area contributed by atoms with E-state index in [1.54, 1.807) is 0 Å². The van der Waals surface area contributed by atoms with Crippen molar-refractivity contribution in [2.24, 2.45) is 11.5 Å². The highest BCUT2D eigenvalue weighted by Gasteiger charge is 2.26. The van der Waals surface area contributed by atoms with Crippen LogP contribution in [-0.2, 0) is 24.0 Å². The van der Waals surface area contributed by atoms with Gasteiger partial charge in [-0.1, -0.05) is 0 Å². The first-order valence-electron chi connectivity index (χ1n) is 6.89. The Morgan fingerprint density at radius 2 is 1.62 bits per heavy atom. The van der Waals surface area contributed by atoms with Crippen LogP contribution in [0.15, 0.2) is 0 Å². The van der Waals surface area contributed by atoms with Gasteiger partial charge in [-0.05, 0) is 6.42 Å². The van der Waals surface area contributed by atoms with Crippen LogP contribution in [0.5, 0.6) is 0 Å². The first-order valence-corrected chi connectivity index (χ1v) is 6.89. The molecule has 0 aliphatic rings. The van der Waals surface area contributed by atoms with Gasteiger partial charge in [-0.2, -0.15) is 0 Å². The van der Waals surface area contributed by atoms with Crippen LogP contribution in [0.3, 0.4) is 0 Å². The normalized spacial score (nSPS) is 12.6. The standard InChI is InChI=1S/C12H21N5O7/c13-3-9(20)15-4-10(21)16-6(1-2-8(14)19)11(22)17-7(5-18)12(23)24/h6-7,18H,1-5,13H2,(H2,14,19)(H,15,20)(H,16,21)(H,17,22)(H,23,24)/t6-,7-/m0/s1. The van der Waals surface area contributed by atoms with E-state index < -0.39 is 54.8 Å². The zero-order valence-corrected chi connectivity index (χ0v) is 12.8. The Bertz CT molecular complexity index is 496. The molecule has 0 aromatic carbocycles.